The molecule has 1 rings (SSSR count). The number of nitrogens with zero attached hydrogens (tertiary/aromatic N) is 1. The Hall–Kier alpha value is -0.560. The van der Waals surface area contributed by atoms with Gasteiger partial charge in [-0.3, -0.25) is 0 Å². The van der Waals surface area contributed by atoms with Gasteiger partial charge in [-0.25, -0.2) is 4.98 Å². The molecule has 11 heavy (non-hydrogen) atoms. The molecule has 0 aliphatic rings. The largest absolute Gasteiger partial charge is 0.391 e. The predicted octanol–water partition coefficient (Wildman–Crippen LogP) is 1.23. The predicted molar refractivity (Wildman–Crippen MR) is 45.6 cm³/mol. The molecule has 58 valence electrons. The van der Waals surface area contributed by atoms with E-state index in [0.29, 0.717) is 10.9 Å². The first-order chi connectivity index (χ1) is 5.36. The summed E-state index contributed by atoms with van der Waals surface area (Å²) < 4.78 is 0. The van der Waals surface area contributed by atoms with Gasteiger partial charge in [0.1, 0.15) is 0 Å². The Balaban J connectivity index is 2.72. The van der Waals surface area contributed by atoms with Crippen molar-refractivity contribution in [1.82, 2.24) is 4.98 Å². The first-order valence-corrected chi connectivity index (χ1v) is 4.32. The standard InChI is InChI=1S/C7H6ClNOS/c8-3-1-2-7-9-4-6(5-10)11-7/h4,10H,3,5H2. The van der Waals surface area contributed by atoms with Crippen LogP contribution < -0.4 is 0 Å². The Kier molecular flexibility index (Phi) is 3.37. The minimum absolute atomic E-state index is 0.0280. The van der Waals surface area contributed by atoms with Crippen molar-refractivity contribution >= 4 is 22.9 Å². The number of aromatic nitrogens is 1. The molecule has 0 aliphatic heterocycles. The highest BCUT2D eigenvalue weighted by molar-refractivity contribution is 7.12. The van der Waals surface area contributed by atoms with Crippen LogP contribution in [-0.4, -0.2) is 16.0 Å². The van der Waals surface area contributed by atoms with Gasteiger partial charge < -0.3 is 5.11 Å². The molecule has 1 aromatic rings. The van der Waals surface area contributed by atoms with Crippen molar-refractivity contribution in [2.24, 2.45) is 0 Å². The summed E-state index contributed by atoms with van der Waals surface area (Å²) >= 11 is 6.73. The van der Waals surface area contributed by atoms with Crippen LogP contribution in [0.5, 0.6) is 0 Å². The fourth-order valence-corrected chi connectivity index (χ4v) is 1.26. The molecule has 0 unspecified atom stereocenters. The lowest BCUT2D eigenvalue weighted by Gasteiger charge is -1.78. The van der Waals surface area contributed by atoms with E-state index in [2.05, 4.69) is 16.8 Å². The van der Waals surface area contributed by atoms with E-state index in [0.717, 1.165) is 4.88 Å². The average molecular weight is 188 g/mol. The van der Waals surface area contributed by atoms with E-state index in [1.165, 1.54) is 11.3 Å². The van der Waals surface area contributed by atoms with Gasteiger partial charge >= 0.3 is 0 Å². The van der Waals surface area contributed by atoms with Gasteiger partial charge in [0, 0.05) is 6.20 Å². The van der Waals surface area contributed by atoms with Crippen LogP contribution in [0.3, 0.4) is 0 Å². The fourth-order valence-electron chi connectivity index (χ4n) is 0.547. The molecule has 0 fully saturated rings. The molecule has 0 amide bonds. The van der Waals surface area contributed by atoms with Crippen molar-refractivity contribution in [1.29, 1.82) is 0 Å². The van der Waals surface area contributed by atoms with Gasteiger partial charge in [-0.05, 0) is 5.92 Å². The second-order valence-electron chi connectivity index (χ2n) is 1.73. The molecular weight excluding hydrogens is 182 g/mol. The van der Waals surface area contributed by atoms with Gasteiger partial charge in [0.05, 0.1) is 17.4 Å². The second kappa shape index (κ2) is 4.35. The Bertz CT molecular complexity index is 286. The van der Waals surface area contributed by atoms with Crippen LogP contribution in [0.15, 0.2) is 6.20 Å². The molecule has 0 bridgehead atoms. The zero-order valence-electron chi connectivity index (χ0n) is 5.67. The minimum Gasteiger partial charge on any atom is -0.391 e. The van der Waals surface area contributed by atoms with Crippen molar-refractivity contribution < 1.29 is 5.11 Å². The summed E-state index contributed by atoms with van der Waals surface area (Å²) in [4.78, 5) is 4.77. The second-order valence-corrected chi connectivity index (χ2v) is 3.11. The Morgan fingerprint density at radius 2 is 2.55 bits per heavy atom. The molecule has 0 radical (unpaired) electrons. The third kappa shape index (κ3) is 2.51. The van der Waals surface area contributed by atoms with E-state index in [-0.39, 0.29) is 6.61 Å². The maximum atomic E-state index is 8.67. The van der Waals surface area contributed by atoms with Crippen LogP contribution in [-0.2, 0) is 6.61 Å². The smallest absolute Gasteiger partial charge is 0.167 e. The van der Waals surface area contributed by atoms with E-state index >= 15 is 0 Å². The normalized spacial score (nSPS) is 8.91. The van der Waals surface area contributed by atoms with Gasteiger partial charge in [-0.15, -0.1) is 22.9 Å². The molecule has 0 atom stereocenters. The van der Waals surface area contributed by atoms with Gasteiger partial charge in [-0.2, -0.15) is 0 Å². The maximum Gasteiger partial charge on any atom is 0.167 e. The molecule has 1 N–H and O–H groups in total. The van der Waals surface area contributed by atoms with Crippen LogP contribution in [0, 0.1) is 11.8 Å². The van der Waals surface area contributed by atoms with Crippen molar-refractivity contribution in [2.75, 3.05) is 5.88 Å². The van der Waals surface area contributed by atoms with Crippen LogP contribution in [0.1, 0.15) is 9.88 Å². The SMILES string of the molecule is OCc1cnc(C#CCCl)s1. The fraction of sp³-hybridized carbons (Fsp3) is 0.286. The van der Waals surface area contributed by atoms with E-state index in [4.69, 9.17) is 16.7 Å². The van der Waals surface area contributed by atoms with Gasteiger partial charge in [0.2, 0.25) is 0 Å². The number of thiazole rings is 1. The number of hydrogen-bond donors (Lipinski definition) is 1. The molecule has 2 nitrogen and oxygen atoms in total. The van der Waals surface area contributed by atoms with Gasteiger partial charge in [-0.1, -0.05) is 5.92 Å². The number of alkyl halides is 1. The van der Waals surface area contributed by atoms with Crippen molar-refractivity contribution in [3.05, 3.63) is 16.1 Å². The third-order valence-corrected chi connectivity index (χ3v) is 2.00. The summed E-state index contributed by atoms with van der Waals surface area (Å²) in [5.74, 6) is 5.76. The summed E-state index contributed by atoms with van der Waals surface area (Å²) in [6.45, 7) is 0.0280. The highest BCUT2D eigenvalue weighted by atomic mass is 35.5. The molecular formula is C7H6ClNOS. The Labute approximate surface area is 73.8 Å². The molecule has 0 aromatic carbocycles. The molecule has 1 heterocycles. The maximum absolute atomic E-state index is 8.67. The number of aliphatic hydroxyl groups is 1. The number of rotatable bonds is 1. The van der Waals surface area contributed by atoms with Gasteiger partial charge in [0.25, 0.3) is 0 Å². The summed E-state index contributed by atoms with van der Waals surface area (Å²) in [6.07, 6.45) is 1.61. The molecule has 0 saturated heterocycles. The molecule has 0 spiro atoms. The first kappa shape index (κ1) is 8.54. The number of hydrogen-bond acceptors (Lipinski definition) is 3. The lowest BCUT2D eigenvalue weighted by molar-refractivity contribution is 0.285. The zero-order chi connectivity index (χ0) is 8.10. The molecule has 4 heteroatoms. The summed E-state index contributed by atoms with van der Waals surface area (Å²) in [6, 6.07) is 0. The summed E-state index contributed by atoms with van der Waals surface area (Å²) in [7, 11) is 0. The van der Waals surface area contributed by atoms with Crippen molar-refractivity contribution in [3.63, 3.8) is 0 Å². The highest BCUT2D eigenvalue weighted by Gasteiger charge is 1.95. The van der Waals surface area contributed by atoms with Crippen LogP contribution in [0.25, 0.3) is 0 Å². The van der Waals surface area contributed by atoms with Crippen LogP contribution >= 0.6 is 22.9 Å². The third-order valence-electron chi connectivity index (χ3n) is 0.972. The van der Waals surface area contributed by atoms with Crippen molar-refractivity contribution in [2.45, 2.75) is 6.61 Å². The quantitative estimate of drug-likeness (QED) is 0.530. The number of halogens is 1. The van der Waals surface area contributed by atoms with E-state index < -0.39 is 0 Å². The van der Waals surface area contributed by atoms with E-state index in [1.807, 2.05) is 0 Å². The highest BCUT2D eigenvalue weighted by Crippen LogP contribution is 2.10. The summed E-state index contributed by atoms with van der Waals surface area (Å²) in [5, 5.41) is 9.38. The van der Waals surface area contributed by atoms with E-state index in [9.17, 15) is 0 Å². The monoisotopic (exact) mass is 187 g/mol. The van der Waals surface area contributed by atoms with E-state index in [1.54, 1.807) is 6.20 Å². The lowest BCUT2D eigenvalue weighted by Crippen LogP contribution is -1.70. The van der Waals surface area contributed by atoms with Crippen LogP contribution in [0.4, 0.5) is 0 Å². The lowest BCUT2D eigenvalue weighted by atomic mass is 10.6. The molecule has 1 aromatic heterocycles. The number of aliphatic hydroxyl groups excluding tert-OH is 1. The summed E-state index contributed by atoms with van der Waals surface area (Å²) in [5.41, 5.74) is 0. The Morgan fingerprint density at radius 3 is 3.09 bits per heavy atom. The van der Waals surface area contributed by atoms with Crippen LogP contribution in [0.2, 0.25) is 0 Å². The average Bonchev–Trinajstić information content (AvgIpc) is 2.48. The molecule has 0 aliphatic carbocycles. The minimum atomic E-state index is 0.0280. The zero-order valence-corrected chi connectivity index (χ0v) is 7.24. The first-order valence-electron chi connectivity index (χ1n) is 2.97. The topological polar surface area (TPSA) is 33.1 Å². The molecule has 0 saturated carbocycles. The Morgan fingerprint density at radius 1 is 1.73 bits per heavy atom. The van der Waals surface area contributed by atoms with Gasteiger partial charge in [0.15, 0.2) is 5.01 Å². The van der Waals surface area contributed by atoms with Crippen molar-refractivity contribution in [3.8, 4) is 11.8 Å².